The molecule has 3 saturated heterocycles. The molecule has 39 heavy (non-hydrogen) atoms. The van der Waals surface area contributed by atoms with Gasteiger partial charge in [-0.25, -0.2) is 0 Å². The minimum atomic E-state index is -1.12. The number of ether oxygens (including phenoxy) is 2. The molecule has 5 aliphatic rings. The highest BCUT2D eigenvalue weighted by Crippen LogP contribution is 2.55. The summed E-state index contributed by atoms with van der Waals surface area (Å²) in [6, 6.07) is 6.68. The predicted octanol–water partition coefficient (Wildman–Crippen LogP) is 2.71. The van der Waals surface area contributed by atoms with Crippen LogP contribution in [0.3, 0.4) is 0 Å². The number of nitrogens with zero attached hydrogens (tertiary/aromatic N) is 2. The van der Waals surface area contributed by atoms with Crippen LogP contribution in [0.25, 0.3) is 0 Å². The minimum absolute atomic E-state index is 0.117. The molecule has 1 aromatic carbocycles. The summed E-state index contributed by atoms with van der Waals surface area (Å²) in [7, 11) is 0. The SMILES string of the molecule is O=C(Nc1ccc(Br)cc1)C1[C@@H]2C=CC3(O2)C(C(=O)NC2CCCCC2)N(CCCN2CCOCC2)C(=O)[C@H]13. The second-order valence-corrected chi connectivity index (χ2v) is 12.3. The Balaban J connectivity index is 1.23. The van der Waals surface area contributed by atoms with E-state index in [1.54, 1.807) is 4.90 Å². The number of rotatable bonds is 8. The highest BCUT2D eigenvalue weighted by atomic mass is 79.9. The van der Waals surface area contributed by atoms with Gasteiger partial charge in [-0.3, -0.25) is 19.3 Å². The van der Waals surface area contributed by atoms with E-state index in [2.05, 4.69) is 31.5 Å². The fourth-order valence-corrected chi connectivity index (χ4v) is 7.35. The maximum atomic E-state index is 14.1. The van der Waals surface area contributed by atoms with Crippen LogP contribution in [0, 0.1) is 11.8 Å². The van der Waals surface area contributed by atoms with Crippen LogP contribution in [-0.4, -0.2) is 90.7 Å². The quantitative estimate of drug-likeness (QED) is 0.445. The summed E-state index contributed by atoms with van der Waals surface area (Å²) in [5, 5.41) is 6.23. The number of carbonyl (C=O) groups excluding carboxylic acids is 3. The van der Waals surface area contributed by atoms with Gasteiger partial charge in [0.15, 0.2) is 0 Å². The molecule has 5 atom stereocenters. The summed E-state index contributed by atoms with van der Waals surface area (Å²) in [5.74, 6) is -2.01. The average molecular weight is 602 g/mol. The van der Waals surface area contributed by atoms with Crippen molar-refractivity contribution in [2.75, 3.05) is 44.7 Å². The standard InChI is InChI=1S/C29H37BrN4O5/c30-19-7-9-21(10-8-19)31-26(35)23-22-11-12-29(39-22)24(23)28(37)34(14-4-13-33-15-17-38-18-16-33)25(29)27(36)32-20-5-2-1-3-6-20/h7-12,20,22-25H,1-6,13-18H2,(H,31,35)(H,32,36)/t22-,23?,24-,25?,29?/m0/s1. The second-order valence-electron chi connectivity index (χ2n) is 11.4. The lowest BCUT2D eigenvalue weighted by Gasteiger charge is -2.34. The van der Waals surface area contributed by atoms with Gasteiger partial charge < -0.3 is 25.0 Å². The van der Waals surface area contributed by atoms with Crippen LogP contribution in [-0.2, 0) is 23.9 Å². The summed E-state index contributed by atoms with van der Waals surface area (Å²) in [6.45, 7) is 4.45. The summed E-state index contributed by atoms with van der Waals surface area (Å²) in [4.78, 5) is 45.6. The van der Waals surface area contributed by atoms with Crippen molar-refractivity contribution in [3.8, 4) is 0 Å². The summed E-state index contributed by atoms with van der Waals surface area (Å²) in [5.41, 5.74) is -0.468. The first kappa shape index (κ1) is 26.9. The third-order valence-electron chi connectivity index (χ3n) is 8.97. The van der Waals surface area contributed by atoms with E-state index in [0.717, 1.165) is 69.4 Å². The maximum absolute atomic E-state index is 14.1. The molecule has 2 bridgehead atoms. The van der Waals surface area contributed by atoms with E-state index in [4.69, 9.17) is 9.47 Å². The minimum Gasteiger partial charge on any atom is -0.379 e. The fraction of sp³-hybridized carbons (Fsp3) is 0.621. The molecule has 1 spiro atoms. The molecule has 1 aromatic rings. The number of halogens is 1. The first-order valence-electron chi connectivity index (χ1n) is 14.3. The monoisotopic (exact) mass is 600 g/mol. The lowest BCUT2D eigenvalue weighted by Crippen LogP contribution is -2.56. The van der Waals surface area contributed by atoms with Gasteiger partial charge in [-0.15, -0.1) is 0 Å². The lowest BCUT2D eigenvalue weighted by atomic mass is 9.74. The molecule has 10 heteroatoms. The van der Waals surface area contributed by atoms with Crippen molar-refractivity contribution in [3.63, 3.8) is 0 Å². The third-order valence-corrected chi connectivity index (χ3v) is 9.49. The zero-order valence-electron chi connectivity index (χ0n) is 22.1. The van der Waals surface area contributed by atoms with Crippen molar-refractivity contribution in [1.82, 2.24) is 15.1 Å². The van der Waals surface area contributed by atoms with Crippen LogP contribution >= 0.6 is 15.9 Å². The van der Waals surface area contributed by atoms with E-state index in [1.165, 1.54) is 6.42 Å². The highest BCUT2D eigenvalue weighted by Gasteiger charge is 2.72. The largest absolute Gasteiger partial charge is 0.379 e. The number of nitrogens with one attached hydrogen (secondary N) is 2. The number of fused-ring (bicyclic) bond motifs is 1. The van der Waals surface area contributed by atoms with Gasteiger partial charge in [0.25, 0.3) is 0 Å². The molecular weight excluding hydrogens is 564 g/mol. The third kappa shape index (κ3) is 5.16. The Bertz CT molecular complexity index is 1120. The first-order chi connectivity index (χ1) is 19.0. The van der Waals surface area contributed by atoms with Gasteiger partial charge in [-0.05, 0) is 43.5 Å². The molecule has 4 fully saturated rings. The summed E-state index contributed by atoms with van der Waals surface area (Å²) >= 11 is 3.42. The van der Waals surface area contributed by atoms with Crippen LogP contribution < -0.4 is 10.6 Å². The van der Waals surface area contributed by atoms with Gasteiger partial charge >= 0.3 is 0 Å². The Morgan fingerprint density at radius 3 is 2.51 bits per heavy atom. The second kappa shape index (κ2) is 11.3. The van der Waals surface area contributed by atoms with Crippen LogP contribution in [0.4, 0.5) is 5.69 Å². The number of hydrogen-bond donors (Lipinski definition) is 2. The number of likely N-dealkylation sites (tertiary alicyclic amines) is 1. The molecule has 1 saturated carbocycles. The van der Waals surface area contributed by atoms with Gasteiger partial charge in [0.05, 0.1) is 31.2 Å². The number of anilines is 1. The molecule has 210 valence electrons. The van der Waals surface area contributed by atoms with Gasteiger partial charge in [0.2, 0.25) is 17.7 Å². The van der Waals surface area contributed by atoms with Crippen molar-refractivity contribution in [1.29, 1.82) is 0 Å². The van der Waals surface area contributed by atoms with Crippen LogP contribution in [0.1, 0.15) is 38.5 Å². The summed E-state index contributed by atoms with van der Waals surface area (Å²) in [6.07, 6.45) is 9.26. The zero-order chi connectivity index (χ0) is 27.0. The van der Waals surface area contributed by atoms with E-state index in [1.807, 2.05) is 36.4 Å². The Hall–Kier alpha value is -2.27. The Morgan fingerprint density at radius 2 is 1.77 bits per heavy atom. The molecule has 4 heterocycles. The van der Waals surface area contributed by atoms with E-state index < -0.39 is 29.6 Å². The Labute approximate surface area is 237 Å². The van der Waals surface area contributed by atoms with E-state index >= 15 is 0 Å². The Morgan fingerprint density at radius 1 is 1.03 bits per heavy atom. The van der Waals surface area contributed by atoms with Crippen molar-refractivity contribution in [2.45, 2.75) is 62.3 Å². The van der Waals surface area contributed by atoms with Crippen molar-refractivity contribution in [2.24, 2.45) is 11.8 Å². The van der Waals surface area contributed by atoms with Crippen molar-refractivity contribution in [3.05, 3.63) is 40.9 Å². The number of benzene rings is 1. The van der Waals surface area contributed by atoms with Gasteiger partial charge in [-0.1, -0.05) is 47.3 Å². The topological polar surface area (TPSA) is 100 Å². The molecule has 9 nitrogen and oxygen atoms in total. The first-order valence-corrected chi connectivity index (χ1v) is 15.1. The molecule has 2 N–H and O–H groups in total. The number of hydrogen-bond acceptors (Lipinski definition) is 6. The Kier molecular flexibility index (Phi) is 7.81. The number of carbonyl (C=O) groups is 3. The smallest absolute Gasteiger partial charge is 0.246 e. The van der Waals surface area contributed by atoms with Gasteiger partial charge in [-0.2, -0.15) is 0 Å². The van der Waals surface area contributed by atoms with E-state index in [-0.39, 0.29) is 23.8 Å². The average Bonchev–Trinajstić information content (AvgIpc) is 3.58. The van der Waals surface area contributed by atoms with Gasteiger partial charge in [0, 0.05) is 42.4 Å². The highest BCUT2D eigenvalue weighted by molar-refractivity contribution is 9.10. The predicted molar refractivity (Wildman–Crippen MR) is 149 cm³/mol. The van der Waals surface area contributed by atoms with Crippen LogP contribution in [0.2, 0.25) is 0 Å². The normalized spacial score (nSPS) is 32.4. The summed E-state index contributed by atoms with van der Waals surface area (Å²) < 4.78 is 12.8. The molecule has 6 rings (SSSR count). The fourth-order valence-electron chi connectivity index (χ4n) is 7.08. The number of morpholine rings is 1. The maximum Gasteiger partial charge on any atom is 0.246 e. The molecule has 3 unspecified atom stereocenters. The molecular formula is C29H37BrN4O5. The molecule has 0 aromatic heterocycles. The zero-order valence-corrected chi connectivity index (χ0v) is 23.7. The number of amides is 3. The molecule has 0 radical (unpaired) electrons. The molecule has 1 aliphatic carbocycles. The van der Waals surface area contributed by atoms with E-state index in [0.29, 0.717) is 12.2 Å². The van der Waals surface area contributed by atoms with Crippen LogP contribution in [0.5, 0.6) is 0 Å². The van der Waals surface area contributed by atoms with Crippen molar-refractivity contribution < 1.29 is 23.9 Å². The van der Waals surface area contributed by atoms with E-state index in [9.17, 15) is 14.4 Å². The molecule has 4 aliphatic heterocycles. The van der Waals surface area contributed by atoms with Crippen LogP contribution in [0.15, 0.2) is 40.9 Å². The van der Waals surface area contributed by atoms with Gasteiger partial charge in [0.1, 0.15) is 11.6 Å². The van der Waals surface area contributed by atoms with Crippen molar-refractivity contribution >= 4 is 39.3 Å². The molecule has 3 amide bonds. The lowest BCUT2D eigenvalue weighted by molar-refractivity contribution is -0.141.